The Balaban J connectivity index is 1.43. The van der Waals surface area contributed by atoms with Gasteiger partial charge in [0.2, 0.25) is 11.8 Å². The first-order valence-corrected chi connectivity index (χ1v) is 9.70. The van der Waals surface area contributed by atoms with Gasteiger partial charge in [0, 0.05) is 24.2 Å². The molecule has 1 atom stereocenters. The molecule has 1 aromatic heterocycles. The first kappa shape index (κ1) is 18.9. The number of aromatic nitrogens is 2. The number of fused-ring (bicyclic) bond motifs is 1. The molecule has 1 unspecified atom stereocenters. The van der Waals surface area contributed by atoms with E-state index in [-0.39, 0.29) is 29.8 Å². The Labute approximate surface area is 167 Å². The third-order valence-corrected chi connectivity index (χ3v) is 5.23. The maximum Gasteiger partial charge on any atom is 0.275 e. The van der Waals surface area contributed by atoms with Gasteiger partial charge in [0.1, 0.15) is 6.54 Å². The van der Waals surface area contributed by atoms with Gasteiger partial charge < -0.3 is 10.2 Å². The van der Waals surface area contributed by atoms with Crippen molar-refractivity contribution >= 4 is 28.3 Å². The van der Waals surface area contributed by atoms with Gasteiger partial charge in [0.15, 0.2) is 0 Å². The third-order valence-electron chi connectivity index (χ3n) is 5.23. The summed E-state index contributed by atoms with van der Waals surface area (Å²) in [4.78, 5) is 39.6. The molecule has 0 saturated carbocycles. The summed E-state index contributed by atoms with van der Waals surface area (Å²) in [5.74, 6) is -0.559. The minimum atomic E-state index is -0.285. The van der Waals surface area contributed by atoms with E-state index in [1.807, 2.05) is 42.5 Å². The average Bonchev–Trinajstić information content (AvgIpc) is 2.76. The van der Waals surface area contributed by atoms with Crippen molar-refractivity contribution in [3.8, 4) is 0 Å². The molecule has 0 bridgehead atoms. The fourth-order valence-corrected chi connectivity index (χ4v) is 3.65. The van der Waals surface area contributed by atoms with Crippen LogP contribution in [-0.4, -0.2) is 39.6 Å². The fourth-order valence-electron chi connectivity index (χ4n) is 3.65. The smallest absolute Gasteiger partial charge is 0.275 e. The van der Waals surface area contributed by atoms with Crippen molar-refractivity contribution in [1.82, 2.24) is 14.7 Å². The molecule has 4 rings (SSSR count). The normalized spacial score (nSPS) is 16.6. The molecular weight excluding hydrogens is 368 g/mol. The molecular formula is C22H22N4O3. The largest absolute Gasteiger partial charge is 0.340 e. The van der Waals surface area contributed by atoms with Crippen molar-refractivity contribution in [2.45, 2.75) is 19.4 Å². The van der Waals surface area contributed by atoms with Crippen LogP contribution in [0.15, 0.2) is 65.6 Å². The quantitative estimate of drug-likeness (QED) is 0.741. The van der Waals surface area contributed by atoms with E-state index >= 15 is 0 Å². The molecule has 2 amide bonds. The fraction of sp³-hybridized carbons (Fsp3) is 0.273. The highest BCUT2D eigenvalue weighted by molar-refractivity contribution is 5.93. The Morgan fingerprint density at radius 3 is 2.66 bits per heavy atom. The zero-order valence-corrected chi connectivity index (χ0v) is 16.0. The number of para-hydroxylation sites is 1. The molecule has 1 aliphatic rings. The standard InChI is InChI=1S/C22H22N4O3/c27-20(15-26-22(29)19-11-5-4-7-16(19)13-23-26)25-12-6-8-17(14-25)21(28)24-18-9-2-1-3-10-18/h1-5,7,9-11,13,17H,6,8,12,14-15H2,(H,24,28). The number of amides is 2. The lowest BCUT2D eigenvalue weighted by molar-refractivity contribution is -0.135. The number of piperidine rings is 1. The van der Waals surface area contributed by atoms with Crippen molar-refractivity contribution in [1.29, 1.82) is 0 Å². The van der Waals surface area contributed by atoms with E-state index < -0.39 is 0 Å². The van der Waals surface area contributed by atoms with Gasteiger partial charge in [-0.25, -0.2) is 4.68 Å². The van der Waals surface area contributed by atoms with E-state index in [9.17, 15) is 14.4 Å². The number of carbonyl (C=O) groups is 2. The number of benzene rings is 2. The van der Waals surface area contributed by atoms with Crippen LogP contribution in [0.3, 0.4) is 0 Å². The molecule has 7 heteroatoms. The van der Waals surface area contributed by atoms with Crippen LogP contribution < -0.4 is 10.9 Å². The van der Waals surface area contributed by atoms with Crippen molar-refractivity contribution in [2.75, 3.05) is 18.4 Å². The second-order valence-corrected chi connectivity index (χ2v) is 7.23. The van der Waals surface area contributed by atoms with Crippen molar-refractivity contribution in [3.05, 3.63) is 71.1 Å². The number of rotatable bonds is 4. The Hall–Kier alpha value is -3.48. The molecule has 148 valence electrons. The van der Waals surface area contributed by atoms with Crippen LogP contribution in [0.1, 0.15) is 12.8 Å². The molecule has 1 saturated heterocycles. The zero-order chi connectivity index (χ0) is 20.2. The van der Waals surface area contributed by atoms with Gasteiger partial charge in [-0.15, -0.1) is 0 Å². The first-order chi connectivity index (χ1) is 14.1. The molecule has 0 radical (unpaired) electrons. The van der Waals surface area contributed by atoms with Crippen LogP contribution in [0.2, 0.25) is 0 Å². The topological polar surface area (TPSA) is 84.3 Å². The van der Waals surface area contributed by atoms with Crippen LogP contribution in [0.25, 0.3) is 10.8 Å². The van der Waals surface area contributed by atoms with Crippen LogP contribution in [-0.2, 0) is 16.1 Å². The van der Waals surface area contributed by atoms with Crippen LogP contribution in [0, 0.1) is 5.92 Å². The molecule has 1 fully saturated rings. The van der Waals surface area contributed by atoms with Crippen molar-refractivity contribution < 1.29 is 9.59 Å². The lowest BCUT2D eigenvalue weighted by atomic mass is 9.97. The van der Waals surface area contributed by atoms with Crippen LogP contribution in [0.4, 0.5) is 5.69 Å². The summed E-state index contributed by atoms with van der Waals surface area (Å²) in [7, 11) is 0. The summed E-state index contributed by atoms with van der Waals surface area (Å²) in [6.45, 7) is 0.798. The third kappa shape index (κ3) is 4.18. The van der Waals surface area contributed by atoms with Gasteiger partial charge in [0.05, 0.1) is 17.5 Å². The molecule has 0 spiro atoms. The Morgan fingerprint density at radius 1 is 1.07 bits per heavy atom. The van der Waals surface area contributed by atoms with E-state index in [0.29, 0.717) is 18.5 Å². The molecule has 2 heterocycles. The molecule has 1 N–H and O–H groups in total. The summed E-state index contributed by atoms with van der Waals surface area (Å²) < 4.78 is 1.19. The highest BCUT2D eigenvalue weighted by atomic mass is 16.2. The summed E-state index contributed by atoms with van der Waals surface area (Å²) in [6.07, 6.45) is 3.08. The van der Waals surface area contributed by atoms with Gasteiger partial charge in [0.25, 0.3) is 5.56 Å². The van der Waals surface area contributed by atoms with Gasteiger partial charge in [-0.05, 0) is 31.0 Å². The van der Waals surface area contributed by atoms with Gasteiger partial charge in [-0.1, -0.05) is 36.4 Å². The van der Waals surface area contributed by atoms with Crippen molar-refractivity contribution in [3.63, 3.8) is 0 Å². The molecule has 7 nitrogen and oxygen atoms in total. The van der Waals surface area contributed by atoms with Crippen LogP contribution in [0.5, 0.6) is 0 Å². The number of hydrogen-bond donors (Lipinski definition) is 1. The monoisotopic (exact) mass is 390 g/mol. The summed E-state index contributed by atoms with van der Waals surface area (Å²) in [6, 6.07) is 16.5. The van der Waals surface area contributed by atoms with E-state index in [1.165, 1.54) is 4.68 Å². The number of hydrogen-bond acceptors (Lipinski definition) is 4. The number of nitrogens with one attached hydrogen (secondary N) is 1. The Bertz CT molecular complexity index is 1090. The van der Waals surface area contributed by atoms with E-state index in [2.05, 4.69) is 10.4 Å². The van der Waals surface area contributed by atoms with E-state index in [4.69, 9.17) is 0 Å². The lowest BCUT2D eigenvalue weighted by Crippen LogP contribution is -2.45. The predicted octanol–water partition coefficient (Wildman–Crippen LogP) is 2.27. The first-order valence-electron chi connectivity index (χ1n) is 9.70. The lowest BCUT2D eigenvalue weighted by Gasteiger charge is -2.32. The highest BCUT2D eigenvalue weighted by Crippen LogP contribution is 2.19. The van der Waals surface area contributed by atoms with Crippen molar-refractivity contribution in [2.24, 2.45) is 5.92 Å². The predicted molar refractivity (Wildman–Crippen MR) is 110 cm³/mol. The number of likely N-dealkylation sites (tertiary alicyclic amines) is 1. The van der Waals surface area contributed by atoms with Gasteiger partial charge >= 0.3 is 0 Å². The highest BCUT2D eigenvalue weighted by Gasteiger charge is 2.28. The maximum atomic E-state index is 12.8. The SMILES string of the molecule is O=C(Nc1ccccc1)C1CCCN(C(=O)Cn2ncc3ccccc3c2=O)C1. The van der Waals surface area contributed by atoms with E-state index in [1.54, 1.807) is 23.2 Å². The minimum Gasteiger partial charge on any atom is -0.340 e. The van der Waals surface area contributed by atoms with E-state index in [0.717, 1.165) is 23.9 Å². The van der Waals surface area contributed by atoms with Crippen LogP contribution >= 0.6 is 0 Å². The Kier molecular flexibility index (Phi) is 5.37. The average molecular weight is 390 g/mol. The molecule has 29 heavy (non-hydrogen) atoms. The summed E-state index contributed by atoms with van der Waals surface area (Å²) in [5, 5.41) is 8.32. The molecule has 3 aromatic rings. The molecule has 1 aliphatic heterocycles. The van der Waals surface area contributed by atoms with Gasteiger partial charge in [-0.2, -0.15) is 5.10 Å². The zero-order valence-electron chi connectivity index (χ0n) is 16.0. The number of carbonyl (C=O) groups excluding carboxylic acids is 2. The molecule has 0 aliphatic carbocycles. The molecule has 2 aromatic carbocycles. The second-order valence-electron chi connectivity index (χ2n) is 7.23. The minimum absolute atomic E-state index is 0.0882. The Morgan fingerprint density at radius 2 is 1.83 bits per heavy atom. The summed E-state index contributed by atoms with van der Waals surface area (Å²) >= 11 is 0. The second kappa shape index (κ2) is 8.26. The maximum absolute atomic E-state index is 12.8. The number of nitrogens with zero attached hydrogens (tertiary/aromatic N) is 3. The van der Waals surface area contributed by atoms with Gasteiger partial charge in [-0.3, -0.25) is 14.4 Å². The summed E-state index contributed by atoms with van der Waals surface area (Å²) in [5.41, 5.74) is 0.458. The number of anilines is 1.